The van der Waals surface area contributed by atoms with E-state index in [0.29, 0.717) is 12.6 Å². The van der Waals surface area contributed by atoms with Crippen molar-refractivity contribution in [2.75, 3.05) is 25.1 Å². The first-order chi connectivity index (χ1) is 7.63. The van der Waals surface area contributed by atoms with Crippen LogP contribution in [0.5, 0.6) is 0 Å². The number of benzene rings is 1. The summed E-state index contributed by atoms with van der Waals surface area (Å²) in [6.45, 7) is 0.339. The van der Waals surface area contributed by atoms with Gasteiger partial charge in [-0.3, -0.25) is 4.79 Å². The van der Waals surface area contributed by atoms with E-state index in [1.807, 2.05) is 0 Å². The van der Waals surface area contributed by atoms with Crippen LogP contribution in [0.25, 0.3) is 0 Å². The van der Waals surface area contributed by atoms with Gasteiger partial charge in [-0.05, 0) is 12.1 Å². The molecule has 0 saturated heterocycles. The fourth-order valence-corrected chi connectivity index (χ4v) is 1.03. The number of ether oxygens (including phenoxy) is 1. The van der Waals surface area contributed by atoms with Gasteiger partial charge in [-0.15, -0.1) is 0 Å². The minimum Gasteiger partial charge on any atom is -0.370 e. The van der Waals surface area contributed by atoms with E-state index in [4.69, 9.17) is 10.5 Å². The molecule has 0 aliphatic heterocycles. The Balaban J connectivity index is 2.49. The molecule has 0 radical (unpaired) electrons. The zero-order valence-electron chi connectivity index (χ0n) is 8.50. The third-order valence-corrected chi connectivity index (χ3v) is 1.70. The number of rotatable bonds is 5. The van der Waals surface area contributed by atoms with Crippen molar-refractivity contribution < 1.29 is 18.3 Å². The van der Waals surface area contributed by atoms with Crippen LogP contribution < -0.4 is 11.1 Å². The van der Waals surface area contributed by atoms with Crippen LogP contribution in [0.2, 0.25) is 0 Å². The number of hydrogen-bond donors (Lipinski definition) is 2. The molecular formula is C10H12F2N2O2. The molecule has 0 saturated carbocycles. The van der Waals surface area contributed by atoms with Crippen LogP contribution in [-0.4, -0.2) is 25.7 Å². The van der Waals surface area contributed by atoms with E-state index in [9.17, 15) is 13.6 Å². The summed E-state index contributed by atoms with van der Waals surface area (Å²) in [4.78, 5) is 11.2. The van der Waals surface area contributed by atoms with Gasteiger partial charge in [0, 0.05) is 12.6 Å². The molecule has 0 unspecified atom stereocenters. The zero-order valence-corrected chi connectivity index (χ0v) is 8.50. The zero-order chi connectivity index (χ0) is 12.0. The van der Waals surface area contributed by atoms with Gasteiger partial charge in [0.05, 0.1) is 12.3 Å². The second-order valence-corrected chi connectivity index (χ2v) is 3.01. The van der Waals surface area contributed by atoms with E-state index < -0.39 is 17.5 Å². The molecule has 6 heteroatoms. The maximum Gasteiger partial charge on any atom is 0.250 e. The van der Waals surface area contributed by atoms with E-state index in [-0.39, 0.29) is 18.9 Å². The number of carbonyl (C=O) groups excluding carboxylic acids is 1. The second kappa shape index (κ2) is 6.14. The van der Waals surface area contributed by atoms with Gasteiger partial charge in [0.25, 0.3) is 0 Å². The van der Waals surface area contributed by atoms with Gasteiger partial charge < -0.3 is 15.8 Å². The predicted molar refractivity (Wildman–Crippen MR) is 54.9 cm³/mol. The van der Waals surface area contributed by atoms with E-state index in [1.54, 1.807) is 0 Å². The summed E-state index contributed by atoms with van der Waals surface area (Å²) in [5.41, 5.74) is 5.07. The van der Waals surface area contributed by atoms with Gasteiger partial charge in [-0.1, -0.05) is 0 Å². The number of halogens is 2. The third-order valence-electron chi connectivity index (χ3n) is 1.70. The van der Waals surface area contributed by atoms with Gasteiger partial charge >= 0.3 is 0 Å². The van der Waals surface area contributed by atoms with Gasteiger partial charge in [0.1, 0.15) is 18.2 Å². The van der Waals surface area contributed by atoms with Gasteiger partial charge in [-0.25, -0.2) is 8.78 Å². The van der Waals surface area contributed by atoms with Gasteiger partial charge in [-0.2, -0.15) is 0 Å². The molecule has 88 valence electrons. The van der Waals surface area contributed by atoms with E-state index >= 15 is 0 Å². The number of hydrogen-bond acceptors (Lipinski definition) is 3. The van der Waals surface area contributed by atoms with Crippen LogP contribution in [0.1, 0.15) is 0 Å². The first-order valence-electron chi connectivity index (χ1n) is 4.66. The summed E-state index contributed by atoms with van der Waals surface area (Å²) in [5.74, 6) is -2.04. The lowest BCUT2D eigenvalue weighted by Gasteiger charge is -2.06. The molecule has 1 aromatic carbocycles. The predicted octanol–water partition coefficient (Wildman–Crippen LogP) is 0.879. The highest BCUT2D eigenvalue weighted by atomic mass is 19.1. The Morgan fingerprint density at radius 1 is 1.44 bits per heavy atom. The maximum atomic E-state index is 13.1. The average molecular weight is 230 g/mol. The average Bonchev–Trinajstić information content (AvgIpc) is 2.23. The Morgan fingerprint density at radius 2 is 2.19 bits per heavy atom. The molecule has 0 aliphatic carbocycles. The maximum absolute atomic E-state index is 13.1. The molecule has 1 rings (SSSR count). The molecule has 0 spiro atoms. The molecule has 0 fully saturated rings. The Morgan fingerprint density at radius 3 is 2.81 bits per heavy atom. The molecule has 0 atom stereocenters. The normalized spacial score (nSPS) is 10.2. The Bertz CT molecular complexity index is 372. The lowest BCUT2D eigenvalue weighted by molar-refractivity contribution is -0.120. The van der Waals surface area contributed by atoms with Crippen LogP contribution in [0.3, 0.4) is 0 Å². The van der Waals surface area contributed by atoms with Crippen LogP contribution in [0.4, 0.5) is 14.5 Å². The van der Waals surface area contributed by atoms with E-state index in [1.165, 1.54) is 0 Å². The van der Waals surface area contributed by atoms with Crippen molar-refractivity contribution in [1.29, 1.82) is 0 Å². The molecule has 0 aromatic heterocycles. The van der Waals surface area contributed by atoms with Crippen LogP contribution in [-0.2, 0) is 9.53 Å². The summed E-state index contributed by atoms with van der Waals surface area (Å²) in [5, 5.41) is 2.25. The largest absolute Gasteiger partial charge is 0.370 e. The number of nitrogens with two attached hydrogens (primary N) is 1. The Labute approximate surface area is 91.4 Å². The monoisotopic (exact) mass is 230 g/mol. The summed E-state index contributed by atoms with van der Waals surface area (Å²) in [6, 6.07) is 2.89. The molecule has 16 heavy (non-hydrogen) atoms. The summed E-state index contributed by atoms with van der Waals surface area (Å²) in [6.07, 6.45) is 0. The summed E-state index contributed by atoms with van der Waals surface area (Å²) < 4.78 is 30.5. The van der Waals surface area contributed by atoms with Crippen molar-refractivity contribution in [3.63, 3.8) is 0 Å². The van der Waals surface area contributed by atoms with Gasteiger partial charge in [0.15, 0.2) is 0 Å². The van der Waals surface area contributed by atoms with Crippen molar-refractivity contribution in [1.82, 2.24) is 0 Å². The Kier molecular flexibility index (Phi) is 4.81. The molecule has 3 N–H and O–H groups in total. The van der Waals surface area contributed by atoms with Crippen LogP contribution in [0.15, 0.2) is 18.2 Å². The first-order valence-corrected chi connectivity index (χ1v) is 4.66. The number of anilines is 1. The number of nitrogens with one attached hydrogen (secondary N) is 1. The SMILES string of the molecule is NCCOCC(=O)Nc1ccc(F)cc1F. The van der Waals surface area contributed by atoms with Gasteiger partial charge in [0.2, 0.25) is 5.91 Å². The van der Waals surface area contributed by atoms with Crippen LogP contribution in [0, 0.1) is 11.6 Å². The topological polar surface area (TPSA) is 64.3 Å². The second-order valence-electron chi connectivity index (χ2n) is 3.01. The van der Waals surface area contributed by atoms with Crippen molar-refractivity contribution in [2.24, 2.45) is 5.73 Å². The summed E-state index contributed by atoms with van der Waals surface area (Å²) in [7, 11) is 0. The quantitative estimate of drug-likeness (QED) is 0.738. The molecule has 4 nitrogen and oxygen atoms in total. The van der Waals surface area contributed by atoms with Crippen molar-refractivity contribution in [2.45, 2.75) is 0 Å². The third kappa shape index (κ3) is 3.92. The fraction of sp³-hybridized carbons (Fsp3) is 0.300. The van der Waals surface area contributed by atoms with Crippen molar-refractivity contribution in [3.05, 3.63) is 29.8 Å². The highest BCUT2D eigenvalue weighted by Gasteiger charge is 2.07. The molecule has 1 aromatic rings. The minimum absolute atomic E-state index is 0.0808. The van der Waals surface area contributed by atoms with Crippen molar-refractivity contribution >= 4 is 11.6 Å². The smallest absolute Gasteiger partial charge is 0.250 e. The molecule has 0 aliphatic rings. The van der Waals surface area contributed by atoms with E-state index in [2.05, 4.69) is 5.32 Å². The van der Waals surface area contributed by atoms with Crippen molar-refractivity contribution in [3.8, 4) is 0 Å². The molecular weight excluding hydrogens is 218 g/mol. The van der Waals surface area contributed by atoms with Crippen LogP contribution >= 0.6 is 0 Å². The standard InChI is InChI=1S/C10H12F2N2O2/c11-7-1-2-9(8(12)5-7)14-10(15)6-16-4-3-13/h1-2,5H,3-4,6,13H2,(H,14,15). The molecule has 0 bridgehead atoms. The fourth-order valence-electron chi connectivity index (χ4n) is 1.03. The lowest BCUT2D eigenvalue weighted by Crippen LogP contribution is -2.21. The number of carbonyl (C=O) groups is 1. The first kappa shape index (κ1) is 12.5. The molecule has 1 amide bonds. The Hall–Kier alpha value is -1.53. The van der Waals surface area contributed by atoms with E-state index in [0.717, 1.165) is 12.1 Å². The highest BCUT2D eigenvalue weighted by molar-refractivity contribution is 5.91. The highest BCUT2D eigenvalue weighted by Crippen LogP contribution is 2.14. The number of amides is 1. The summed E-state index contributed by atoms with van der Waals surface area (Å²) >= 11 is 0. The lowest BCUT2D eigenvalue weighted by atomic mass is 10.3. The minimum atomic E-state index is -0.827. The molecule has 0 heterocycles.